The summed E-state index contributed by atoms with van der Waals surface area (Å²) in [6, 6.07) is 0. The quantitative estimate of drug-likeness (QED) is 0.0979. The van der Waals surface area contributed by atoms with Gasteiger partial charge in [-0.05, 0) is 24.7 Å². The number of rotatable bonds is 30. The smallest absolute Gasteiger partial charge is 0.303 e. The van der Waals surface area contributed by atoms with Crippen molar-refractivity contribution in [3.8, 4) is 0 Å². The summed E-state index contributed by atoms with van der Waals surface area (Å²) in [5.41, 5.74) is 0. The summed E-state index contributed by atoms with van der Waals surface area (Å²) in [5.74, 6) is 1.01. The van der Waals surface area contributed by atoms with E-state index in [1.54, 1.807) is 0 Å². The van der Waals surface area contributed by atoms with E-state index in [1.807, 2.05) is 0 Å². The van der Waals surface area contributed by atoms with E-state index in [4.69, 9.17) is 5.11 Å². The number of carboxylic acid groups (broad SMARTS) is 1. The predicted octanol–water partition coefficient (Wildman–Crippen LogP) is 12.3. The molecule has 0 fully saturated rings. The zero-order valence-electron chi connectivity index (χ0n) is 25.3. The first-order chi connectivity index (χ1) is 17.6. The number of carboxylic acids is 1. The molecule has 1 unspecified atom stereocenters. The molecule has 0 rings (SSSR count). The highest BCUT2D eigenvalue weighted by atomic mass is 16.4. The molecular formula is C34H68O2. The summed E-state index contributed by atoms with van der Waals surface area (Å²) in [6.07, 6.45) is 37.4. The van der Waals surface area contributed by atoms with Gasteiger partial charge in [0, 0.05) is 6.42 Å². The van der Waals surface area contributed by atoms with Gasteiger partial charge in [-0.1, -0.05) is 181 Å². The Kier molecular flexibility index (Phi) is 28.6. The first-order valence-corrected chi connectivity index (χ1v) is 16.8. The summed E-state index contributed by atoms with van der Waals surface area (Å²) in [5, 5.41) is 9.01. The molecule has 36 heavy (non-hydrogen) atoms. The third-order valence-electron chi connectivity index (χ3n) is 8.11. The van der Waals surface area contributed by atoms with Gasteiger partial charge in [-0.3, -0.25) is 4.79 Å². The minimum atomic E-state index is -0.626. The minimum Gasteiger partial charge on any atom is -0.481 e. The molecule has 0 aromatic heterocycles. The second kappa shape index (κ2) is 29.0. The van der Waals surface area contributed by atoms with E-state index in [2.05, 4.69) is 20.8 Å². The van der Waals surface area contributed by atoms with Crippen molar-refractivity contribution in [1.29, 1.82) is 0 Å². The van der Waals surface area contributed by atoms with E-state index in [0.717, 1.165) is 24.7 Å². The lowest BCUT2D eigenvalue weighted by Gasteiger charge is -2.16. The van der Waals surface area contributed by atoms with Gasteiger partial charge in [-0.25, -0.2) is 0 Å². The monoisotopic (exact) mass is 509 g/mol. The van der Waals surface area contributed by atoms with Gasteiger partial charge < -0.3 is 5.11 Å². The number of unbranched alkanes of at least 4 members (excludes halogenated alkanes) is 20. The molecule has 2 heteroatoms. The maximum absolute atomic E-state index is 10.9. The molecule has 2 nitrogen and oxygen atoms in total. The molecule has 0 aromatic rings. The van der Waals surface area contributed by atoms with Crippen molar-refractivity contribution in [1.82, 2.24) is 0 Å². The predicted molar refractivity (Wildman–Crippen MR) is 161 cm³/mol. The van der Waals surface area contributed by atoms with E-state index in [-0.39, 0.29) is 0 Å². The molecular weight excluding hydrogens is 440 g/mol. The van der Waals surface area contributed by atoms with Crippen molar-refractivity contribution >= 4 is 5.97 Å². The highest BCUT2D eigenvalue weighted by Crippen LogP contribution is 2.24. The van der Waals surface area contributed by atoms with Crippen LogP contribution in [-0.2, 0) is 4.79 Å². The number of aliphatic carboxylic acids is 1. The van der Waals surface area contributed by atoms with E-state index < -0.39 is 5.97 Å². The third kappa shape index (κ3) is 29.7. The van der Waals surface area contributed by atoms with Gasteiger partial charge in [0.1, 0.15) is 0 Å². The lowest BCUT2D eigenvalue weighted by Crippen LogP contribution is -2.03. The average molecular weight is 509 g/mol. The van der Waals surface area contributed by atoms with Gasteiger partial charge in [0.05, 0.1) is 0 Å². The highest BCUT2D eigenvalue weighted by molar-refractivity contribution is 5.66. The van der Waals surface area contributed by atoms with Crippen LogP contribution in [0, 0.1) is 11.8 Å². The second-order valence-electron chi connectivity index (χ2n) is 12.3. The van der Waals surface area contributed by atoms with Crippen molar-refractivity contribution in [3.63, 3.8) is 0 Å². The zero-order valence-corrected chi connectivity index (χ0v) is 25.3. The maximum Gasteiger partial charge on any atom is 0.303 e. The SMILES string of the molecule is CCCCCCCCCCCCCC(CCCCCCCCCCCCCC(C)C)CCCC(=O)O. The maximum atomic E-state index is 10.9. The third-order valence-corrected chi connectivity index (χ3v) is 8.11. The molecule has 0 saturated carbocycles. The number of hydrogen-bond donors (Lipinski definition) is 1. The standard InChI is InChI=1S/C34H68O2/c1-4-5-6-7-8-9-11-15-18-21-24-28-33(30-26-31-34(35)36)29-25-22-19-16-13-10-12-14-17-20-23-27-32(2)3/h32-33H,4-31H2,1-3H3,(H,35,36). The summed E-state index contributed by atoms with van der Waals surface area (Å²) in [6.45, 7) is 6.95. The summed E-state index contributed by atoms with van der Waals surface area (Å²) in [7, 11) is 0. The average Bonchev–Trinajstić information content (AvgIpc) is 2.84. The van der Waals surface area contributed by atoms with Gasteiger partial charge >= 0.3 is 5.97 Å². The van der Waals surface area contributed by atoms with Crippen LogP contribution in [0.3, 0.4) is 0 Å². The largest absolute Gasteiger partial charge is 0.481 e. The minimum absolute atomic E-state index is 0.354. The molecule has 216 valence electrons. The summed E-state index contributed by atoms with van der Waals surface area (Å²) in [4.78, 5) is 10.9. The second-order valence-corrected chi connectivity index (χ2v) is 12.3. The fourth-order valence-electron chi connectivity index (χ4n) is 5.65. The van der Waals surface area contributed by atoms with Crippen molar-refractivity contribution in [2.45, 2.75) is 201 Å². The van der Waals surface area contributed by atoms with Crippen molar-refractivity contribution in [2.24, 2.45) is 11.8 Å². The Bertz CT molecular complexity index is 431. The summed E-state index contributed by atoms with van der Waals surface area (Å²) >= 11 is 0. The Balaban J connectivity index is 3.68. The van der Waals surface area contributed by atoms with Crippen LogP contribution < -0.4 is 0 Å². The molecule has 0 aliphatic carbocycles. The molecule has 0 radical (unpaired) electrons. The zero-order chi connectivity index (χ0) is 26.5. The molecule has 1 atom stereocenters. The van der Waals surface area contributed by atoms with Crippen molar-refractivity contribution < 1.29 is 9.90 Å². The van der Waals surface area contributed by atoms with Gasteiger partial charge in [0.2, 0.25) is 0 Å². The number of carbonyl (C=O) groups is 1. The van der Waals surface area contributed by atoms with E-state index in [9.17, 15) is 4.79 Å². The Morgan fingerprint density at radius 2 is 0.778 bits per heavy atom. The Morgan fingerprint density at radius 1 is 0.472 bits per heavy atom. The van der Waals surface area contributed by atoms with Crippen LogP contribution in [0.4, 0.5) is 0 Å². The molecule has 0 amide bonds. The van der Waals surface area contributed by atoms with Gasteiger partial charge in [-0.15, -0.1) is 0 Å². The molecule has 0 bridgehead atoms. The van der Waals surface area contributed by atoms with E-state index in [1.165, 1.54) is 161 Å². The lowest BCUT2D eigenvalue weighted by molar-refractivity contribution is -0.137. The van der Waals surface area contributed by atoms with Crippen molar-refractivity contribution in [3.05, 3.63) is 0 Å². The van der Waals surface area contributed by atoms with Crippen molar-refractivity contribution in [2.75, 3.05) is 0 Å². The van der Waals surface area contributed by atoms with E-state index >= 15 is 0 Å². The Hall–Kier alpha value is -0.530. The van der Waals surface area contributed by atoms with Gasteiger partial charge in [0.15, 0.2) is 0 Å². The fourth-order valence-corrected chi connectivity index (χ4v) is 5.65. The van der Waals surface area contributed by atoms with Crippen LogP contribution in [0.15, 0.2) is 0 Å². The van der Waals surface area contributed by atoms with Crippen LogP contribution in [0.25, 0.3) is 0 Å². The molecule has 1 N–H and O–H groups in total. The molecule has 0 aromatic carbocycles. The fraction of sp³-hybridized carbons (Fsp3) is 0.971. The first-order valence-electron chi connectivity index (χ1n) is 16.8. The van der Waals surface area contributed by atoms with Crippen LogP contribution in [0.1, 0.15) is 201 Å². The molecule has 0 heterocycles. The van der Waals surface area contributed by atoms with Crippen LogP contribution in [0.5, 0.6) is 0 Å². The topological polar surface area (TPSA) is 37.3 Å². The highest BCUT2D eigenvalue weighted by Gasteiger charge is 2.10. The normalized spacial score (nSPS) is 12.4. The lowest BCUT2D eigenvalue weighted by atomic mass is 9.90. The van der Waals surface area contributed by atoms with Crippen LogP contribution in [-0.4, -0.2) is 11.1 Å². The van der Waals surface area contributed by atoms with E-state index in [0.29, 0.717) is 6.42 Å². The first kappa shape index (κ1) is 35.5. The number of hydrogen-bond acceptors (Lipinski definition) is 1. The summed E-state index contributed by atoms with van der Waals surface area (Å²) < 4.78 is 0. The van der Waals surface area contributed by atoms with Crippen LogP contribution in [0.2, 0.25) is 0 Å². The van der Waals surface area contributed by atoms with Crippen LogP contribution >= 0.6 is 0 Å². The van der Waals surface area contributed by atoms with Gasteiger partial charge in [-0.2, -0.15) is 0 Å². The van der Waals surface area contributed by atoms with Gasteiger partial charge in [0.25, 0.3) is 0 Å². The Morgan fingerprint density at radius 3 is 1.11 bits per heavy atom. The molecule has 0 saturated heterocycles. The molecule has 0 aliphatic heterocycles. The Labute approximate surface area is 228 Å². The molecule has 0 aliphatic rings. The molecule has 0 spiro atoms.